The van der Waals surface area contributed by atoms with E-state index in [9.17, 15) is 0 Å². The van der Waals surface area contributed by atoms with Crippen molar-refractivity contribution in [3.8, 4) is 11.3 Å². The minimum atomic E-state index is 0.391. The number of pyridine rings is 1. The SMILES string of the molecule is NCC1CCCCN1c1ccc(-c2cccnc2)nn1. The predicted molar refractivity (Wildman–Crippen MR) is 79.3 cm³/mol. The van der Waals surface area contributed by atoms with Crippen molar-refractivity contribution in [2.24, 2.45) is 5.73 Å². The van der Waals surface area contributed by atoms with Crippen molar-refractivity contribution in [1.82, 2.24) is 15.2 Å². The fraction of sp³-hybridized carbons (Fsp3) is 0.400. The molecule has 0 amide bonds. The molecule has 2 aromatic rings. The summed E-state index contributed by atoms with van der Waals surface area (Å²) in [6.07, 6.45) is 7.14. The number of anilines is 1. The summed E-state index contributed by atoms with van der Waals surface area (Å²) in [7, 11) is 0. The normalized spacial score (nSPS) is 19.1. The first-order valence-electron chi connectivity index (χ1n) is 7.09. The van der Waals surface area contributed by atoms with Crippen LogP contribution in [0.1, 0.15) is 19.3 Å². The molecule has 1 saturated heterocycles. The van der Waals surface area contributed by atoms with Crippen LogP contribution in [0.25, 0.3) is 11.3 Å². The summed E-state index contributed by atoms with van der Waals surface area (Å²) >= 11 is 0. The van der Waals surface area contributed by atoms with E-state index in [1.54, 1.807) is 12.4 Å². The Morgan fingerprint density at radius 2 is 2.15 bits per heavy atom. The molecule has 1 aliphatic rings. The molecule has 0 radical (unpaired) electrons. The molecule has 3 heterocycles. The van der Waals surface area contributed by atoms with Crippen molar-refractivity contribution in [3.63, 3.8) is 0 Å². The maximum Gasteiger partial charge on any atom is 0.151 e. The van der Waals surface area contributed by atoms with Gasteiger partial charge in [-0.15, -0.1) is 10.2 Å². The highest BCUT2D eigenvalue weighted by Crippen LogP contribution is 2.23. The number of piperidine rings is 1. The van der Waals surface area contributed by atoms with Crippen molar-refractivity contribution in [1.29, 1.82) is 0 Å². The van der Waals surface area contributed by atoms with Crippen LogP contribution >= 0.6 is 0 Å². The Hall–Kier alpha value is -2.01. The Morgan fingerprint density at radius 1 is 1.20 bits per heavy atom. The van der Waals surface area contributed by atoms with E-state index in [0.29, 0.717) is 12.6 Å². The van der Waals surface area contributed by atoms with Crippen LogP contribution in [0.2, 0.25) is 0 Å². The third-order valence-electron chi connectivity index (χ3n) is 3.80. The number of hydrogen-bond acceptors (Lipinski definition) is 5. The van der Waals surface area contributed by atoms with E-state index in [-0.39, 0.29) is 0 Å². The minimum Gasteiger partial charge on any atom is -0.351 e. The zero-order valence-electron chi connectivity index (χ0n) is 11.4. The number of hydrogen-bond donors (Lipinski definition) is 1. The van der Waals surface area contributed by atoms with E-state index in [2.05, 4.69) is 20.1 Å². The van der Waals surface area contributed by atoms with E-state index in [1.165, 1.54) is 12.8 Å². The van der Waals surface area contributed by atoms with Crippen LogP contribution < -0.4 is 10.6 Å². The largest absolute Gasteiger partial charge is 0.351 e. The van der Waals surface area contributed by atoms with Crippen molar-refractivity contribution in [2.75, 3.05) is 18.0 Å². The second kappa shape index (κ2) is 5.96. The summed E-state index contributed by atoms with van der Waals surface area (Å²) in [6, 6.07) is 8.31. The first kappa shape index (κ1) is 13.0. The van der Waals surface area contributed by atoms with Gasteiger partial charge in [-0.25, -0.2) is 0 Å². The lowest BCUT2D eigenvalue weighted by Gasteiger charge is -2.35. The summed E-state index contributed by atoms with van der Waals surface area (Å²) in [5.41, 5.74) is 7.69. The molecule has 1 atom stereocenters. The van der Waals surface area contributed by atoms with Crippen molar-refractivity contribution < 1.29 is 0 Å². The minimum absolute atomic E-state index is 0.391. The zero-order valence-corrected chi connectivity index (χ0v) is 11.4. The number of nitrogens with two attached hydrogens (primary N) is 1. The van der Waals surface area contributed by atoms with Crippen LogP contribution in [0.4, 0.5) is 5.82 Å². The molecule has 20 heavy (non-hydrogen) atoms. The van der Waals surface area contributed by atoms with Crippen LogP contribution in [0.3, 0.4) is 0 Å². The van der Waals surface area contributed by atoms with Crippen molar-refractivity contribution in [3.05, 3.63) is 36.7 Å². The van der Waals surface area contributed by atoms with Gasteiger partial charge in [0, 0.05) is 37.1 Å². The maximum absolute atomic E-state index is 5.85. The molecule has 3 rings (SSSR count). The lowest BCUT2D eigenvalue weighted by molar-refractivity contribution is 0.461. The van der Waals surface area contributed by atoms with Crippen LogP contribution in [0, 0.1) is 0 Å². The van der Waals surface area contributed by atoms with Gasteiger partial charge in [0.2, 0.25) is 0 Å². The Labute approximate surface area is 118 Å². The molecule has 104 valence electrons. The molecule has 5 nitrogen and oxygen atoms in total. The molecule has 0 spiro atoms. The van der Waals surface area contributed by atoms with Gasteiger partial charge in [0.05, 0.1) is 5.69 Å². The van der Waals surface area contributed by atoms with E-state index in [0.717, 1.165) is 30.0 Å². The van der Waals surface area contributed by atoms with Gasteiger partial charge in [-0.1, -0.05) is 0 Å². The fourth-order valence-electron chi connectivity index (χ4n) is 2.69. The summed E-state index contributed by atoms with van der Waals surface area (Å²) in [6.45, 7) is 1.69. The fourth-order valence-corrected chi connectivity index (χ4v) is 2.69. The van der Waals surface area contributed by atoms with Gasteiger partial charge >= 0.3 is 0 Å². The van der Waals surface area contributed by atoms with Gasteiger partial charge in [0.25, 0.3) is 0 Å². The molecule has 2 N–H and O–H groups in total. The van der Waals surface area contributed by atoms with Gasteiger partial charge in [-0.05, 0) is 43.5 Å². The van der Waals surface area contributed by atoms with Gasteiger partial charge in [-0.2, -0.15) is 0 Å². The summed E-state index contributed by atoms with van der Waals surface area (Å²) in [5.74, 6) is 0.924. The third kappa shape index (κ3) is 2.63. The number of rotatable bonds is 3. The maximum atomic E-state index is 5.85. The zero-order chi connectivity index (χ0) is 13.8. The highest BCUT2D eigenvalue weighted by atomic mass is 15.3. The van der Waals surface area contributed by atoms with Gasteiger partial charge < -0.3 is 10.6 Å². The summed E-state index contributed by atoms with van der Waals surface area (Å²) < 4.78 is 0. The van der Waals surface area contributed by atoms with Crippen LogP contribution in [0.5, 0.6) is 0 Å². The molecular weight excluding hydrogens is 250 g/mol. The predicted octanol–water partition coefficient (Wildman–Crippen LogP) is 1.86. The molecule has 1 aliphatic heterocycles. The Morgan fingerprint density at radius 3 is 2.85 bits per heavy atom. The van der Waals surface area contributed by atoms with E-state index >= 15 is 0 Å². The van der Waals surface area contributed by atoms with Gasteiger partial charge in [0.1, 0.15) is 0 Å². The number of nitrogens with zero attached hydrogens (tertiary/aromatic N) is 4. The van der Waals surface area contributed by atoms with Crippen LogP contribution in [-0.2, 0) is 0 Å². The molecular formula is C15H19N5. The van der Waals surface area contributed by atoms with E-state index in [4.69, 9.17) is 5.73 Å². The lowest BCUT2D eigenvalue weighted by atomic mass is 10.0. The summed E-state index contributed by atoms with van der Waals surface area (Å²) in [5, 5.41) is 8.69. The monoisotopic (exact) mass is 269 g/mol. The van der Waals surface area contributed by atoms with Crippen LogP contribution in [-0.4, -0.2) is 34.3 Å². The summed E-state index contributed by atoms with van der Waals surface area (Å²) in [4.78, 5) is 6.39. The van der Waals surface area contributed by atoms with E-state index < -0.39 is 0 Å². The van der Waals surface area contributed by atoms with Crippen molar-refractivity contribution >= 4 is 5.82 Å². The van der Waals surface area contributed by atoms with Crippen LogP contribution in [0.15, 0.2) is 36.7 Å². The Bertz CT molecular complexity index is 540. The highest BCUT2D eigenvalue weighted by Gasteiger charge is 2.22. The lowest BCUT2D eigenvalue weighted by Crippen LogP contribution is -2.44. The molecule has 0 aromatic carbocycles. The average molecular weight is 269 g/mol. The molecule has 2 aromatic heterocycles. The van der Waals surface area contributed by atoms with Gasteiger partial charge in [-0.3, -0.25) is 4.98 Å². The van der Waals surface area contributed by atoms with Crippen molar-refractivity contribution in [2.45, 2.75) is 25.3 Å². The first-order chi connectivity index (χ1) is 9.88. The van der Waals surface area contributed by atoms with E-state index in [1.807, 2.05) is 24.3 Å². The molecule has 1 fully saturated rings. The first-order valence-corrected chi connectivity index (χ1v) is 7.09. The Kier molecular flexibility index (Phi) is 3.87. The Balaban J connectivity index is 1.82. The number of aromatic nitrogens is 3. The second-order valence-electron chi connectivity index (χ2n) is 5.10. The topological polar surface area (TPSA) is 67.9 Å². The molecule has 0 bridgehead atoms. The standard InChI is InChI=1S/C15H19N5/c16-10-13-5-1-2-9-20(13)15-7-6-14(18-19-15)12-4-3-8-17-11-12/h3-4,6-8,11,13H,1-2,5,9-10,16H2. The average Bonchev–Trinajstić information content (AvgIpc) is 2.56. The second-order valence-corrected chi connectivity index (χ2v) is 5.10. The van der Waals surface area contributed by atoms with Gasteiger partial charge in [0.15, 0.2) is 5.82 Å². The highest BCUT2D eigenvalue weighted by molar-refractivity contribution is 5.58. The third-order valence-corrected chi connectivity index (χ3v) is 3.80. The molecule has 0 aliphatic carbocycles. The smallest absolute Gasteiger partial charge is 0.151 e. The molecule has 1 unspecified atom stereocenters. The molecule has 0 saturated carbocycles. The quantitative estimate of drug-likeness (QED) is 0.921. The molecule has 5 heteroatoms.